The summed E-state index contributed by atoms with van der Waals surface area (Å²) in [6, 6.07) is 3.85. The van der Waals surface area contributed by atoms with Gasteiger partial charge in [0.2, 0.25) is 0 Å². The normalized spacial score (nSPS) is 11.7. The lowest BCUT2D eigenvalue weighted by Gasteiger charge is -2.08. The number of urea groups is 2. The van der Waals surface area contributed by atoms with Gasteiger partial charge in [-0.15, -0.1) is 22.7 Å². The van der Waals surface area contributed by atoms with E-state index in [1.807, 2.05) is 9.44 Å². The molecule has 34 heavy (non-hydrogen) atoms. The maximum atomic E-state index is 12.1. The summed E-state index contributed by atoms with van der Waals surface area (Å²) in [5.74, 6) is 0. The third-order valence-corrected chi connectivity index (χ3v) is 10.0. The number of sulfonamides is 2. The van der Waals surface area contributed by atoms with Crippen LogP contribution in [0.2, 0.25) is 0 Å². The summed E-state index contributed by atoms with van der Waals surface area (Å²) in [6.07, 6.45) is 2.54. The molecule has 0 spiro atoms. The molecule has 12 nitrogen and oxygen atoms in total. The average molecular weight is 555 g/mol. The van der Waals surface area contributed by atoms with Crippen molar-refractivity contribution in [1.82, 2.24) is 20.1 Å². The van der Waals surface area contributed by atoms with Crippen molar-refractivity contribution in [3.8, 4) is 0 Å². The summed E-state index contributed by atoms with van der Waals surface area (Å²) >= 11 is 1.74. The molecule has 0 aromatic carbocycles. The zero-order valence-electron chi connectivity index (χ0n) is 17.9. The first-order valence-electron chi connectivity index (χ1n) is 10.1. The van der Waals surface area contributed by atoms with Gasteiger partial charge in [0.1, 0.15) is 8.42 Å². The Morgan fingerprint density at radius 2 is 1.06 bits per heavy atom. The second-order valence-electron chi connectivity index (χ2n) is 6.89. The molecule has 190 valence electrons. The monoisotopic (exact) mass is 554 g/mol. The molecular weight excluding hydrogens is 528 g/mol. The standard InChI is InChI=1S/C18H26N4O8S4/c23-11-13-5-7-15(31-13)33(27,28)21-17(25)19-9-3-1-2-4-10-20-18(26)22-34(29,30)16-8-6-14(12-24)32-16/h5-8,23-24H,1-4,9-12H2,(H2,19,21,25)(H2,20,22,26). The van der Waals surface area contributed by atoms with Crippen LogP contribution in [0.15, 0.2) is 32.7 Å². The maximum Gasteiger partial charge on any atom is 0.328 e. The van der Waals surface area contributed by atoms with E-state index in [9.17, 15) is 26.4 Å². The first-order chi connectivity index (χ1) is 16.1. The average Bonchev–Trinajstić information content (AvgIpc) is 3.45. The Kier molecular flexibility index (Phi) is 10.7. The topological polar surface area (TPSA) is 191 Å². The van der Waals surface area contributed by atoms with E-state index in [1.54, 1.807) is 0 Å². The molecule has 0 atom stereocenters. The highest BCUT2D eigenvalue weighted by atomic mass is 32.3. The summed E-state index contributed by atoms with van der Waals surface area (Å²) in [4.78, 5) is 24.5. The molecule has 0 bridgehead atoms. The van der Waals surface area contributed by atoms with E-state index < -0.39 is 32.1 Å². The minimum absolute atomic E-state index is 0.0682. The SMILES string of the molecule is O=C(NCCCCCCNC(=O)NS(=O)(=O)c1ccc(CO)s1)NS(=O)(=O)c1ccc(CO)s1. The summed E-state index contributed by atoms with van der Waals surface area (Å²) < 4.78 is 52.0. The minimum Gasteiger partial charge on any atom is -0.391 e. The second-order valence-corrected chi connectivity index (χ2v) is 13.0. The number of unbranched alkanes of at least 4 members (excludes halogenated alkanes) is 3. The molecule has 4 amide bonds. The fourth-order valence-corrected chi connectivity index (χ4v) is 6.89. The van der Waals surface area contributed by atoms with Crippen LogP contribution >= 0.6 is 22.7 Å². The number of carbonyl (C=O) groups is 2. The van der Waals surface area contributed by atoms with E-state index in [0.717, 1.165) is 22.7 Å². The fourth-order valence-electron chi connectivity index (χ4n) is 2.60. The predicted molar refractivity (Wildman–Crippen MR) is 126 cm³/mol. The molecule has 0 saturated heterocycles. The van der Waals surface area contributed by atoms with Crippen LogP contribution in [-0.2, 0) is 33.3 Å². The number of hydrogen-bond acceptors (Lipinski definition) is 10. The van der Waals surface area contributed by atoms with E-state index in [4.69, 9.17) is 10.2 Å². The van der Waals surface area contributed by atoms with Crippen LogP contribution in [0.25, 0.3) is 0 Å². The summed E-state index contributed by atoms with van der Waals surface area (Å²) in [5, 5.41) is 22.9. The third-order valence-electron chi connectivity index (χ3n) is 4.24. The number of aliphatic hydroxyl groups is 2. The Morgan fingerprint density at radius 3 is 1.38 bits per heavy atom. The number of aliphatic hydroxyl groups excluding tert-OH is 2. The van der Waals surface area contributed by atoms with Gasteiger partial charge in [0.15, 0.2) is 0 Å². The molecule has 0 saturated carbocycles. The van der Waals surface area contributed by atoms with Gasteiger partial charge in [-0.1, -0.05) is 12.8 Å². The van der Waals surface area contributed by atoms with E-state index in [0.29, 0.717) is 35.4 Å². The van der Waals surface area contributed by atoms with Crippen molar-refractivity contribution >= 4 is 54.8 Å². The van der Waals surface area contributed by atoms with Crippen LogP contribution in [0.3, 0.4) is 0 Å². The number of hydrogen-bond donors (Lipinski definition) is 6. The molecule has 0 aliphatic heterocycles. The lowest BCUT2D eigenvalue weighted by atomic mass is 10.2. The van der Waals surface area contributed by atoms with Crippen LogP contribution in [0, 0.1) is 0 Å². The zero-order chi connectivity index (χ0) is 25.2. The third kappa shape index (κ3) is 8.84. The van der Waals surface area contributed by atoms with Gasteiger partial charge in [-0.05, 0) is 37.1 Å². The summed E-state index contributed by atoms with van der Waals surface area (Å²) in [6.45, 7) is -0.0764. The van der Waals surface area contributed by atoms with Gasteiger partial charge in [-0.25, -0.2) is 35.9 Å². The Morgan fingerprint density at radius 1 is 0.676 bits per heavy atom. The number of thiophene rings is 2. The second kappa shape index (κ2) is 13.0. The van der Waals surface area contributed by atoms with Crippen molar-refractivity contribution in [2.24, 2.45) is 0 Å². The first kappa shape index (κ1) is 28.0. The van der Waals surface area contributed by atoms with Crippen molar-refractivity contribution in [2.45, 2.75) is 47.3 Å². The van der Waals surface area contributed by atoms with Gasteiger partial charge >= 0.3 is 12.1 Å². The van der Waals surface area contributed by atoms with E-state index in [2.05, 4.69) is 10.6 Å². The van der Waals surface area contributed by atoms with Crippen molar-refractivity contribution in [3.63, 3.8) is 0 Å². The fraction of sp³-hybridized carbons (Fsp3) is 0.444. The molecule has 0 fully saturated rings. The minimum atomic E-state index is -4.00. The Hall–Kier alpha value is -2.24. The van der Waals surface area contributed by atoms with Crippen molar-refractivity contribution in [1.29, 1.82) is 0 Å². The van der Waals surface area contributed by atoms with Crippen LogP contribution in [0.1, 0.15) is 35.4 Å². The van der Waals surface area contributed by atoms with Crippen LogP contribution < -0.4 is 20.1 Å². The quantitative estimate of drug-likeness (QED) is 0.198. The van der Waals surface area contributed by atoms with Gasteiger partial charge in [0.05, 0.1) is 13.2 Å². The largest absolute Gasteiger partial charge is 0.391 e. The maximum absolute atomic E-state index is 12.1. The van der Waals surface area contributed by atoms with Gasteiger partial charge < -0.3 is 20.8 Å². The van der Waals surface area contributed by atoms with Crippen molar-refractivity contribution < 1.29 is 36.6 Å². The van der Waals surface area contributed by atoms with Crippen LogP contribution in [0.5, 0.6) is 0 Å². The number of carbonyl (C=O) groups excluding carboxylic acids is 2. The highest BCUT2D eigenvalue weighted by Gasteiger charge is 2.20. The summed E-state index contributed by atoms with van der Waals surface area (Å²) in [5.41, 5.74) is 0. The Bertz CT molecular complexity index is 1080. The number of nitrogens with one attached hydrogen (secondary N) is 4. The Labute approximate surface area is 205 Å². The molecule has 2 rings (SSSR count). The lowest BCUT2D eigenvalue weighted by molar-refractivity contribution is 0.244. The molecule has 2 aromatic rings. The highest BCUT2D eigenvalue weighted by molar-refractivity contribution is 7.92. The van der Waals surface area contributed by atoms with E-state index in [1.165, 1.54) is 24.3 Å². The molecule has 2 aromatic heterocycles. The van der Waals surface area contributed by atoms with Gasteiger partial charge in [-0.2, -0.15) is 0 Å². The van der Waals surface area contributed by atoms with Gasteiger partial charge in [0.25, 0.3) is 20.0 Å². The highest BCUT2D eigenvalue weighted by Crippen LogP contribution is 2.22. The number of rotatable bonds is 13. The molecule has 6 N–H and O–H groups in total. The molecular formula is C18H26N4O8S4. The molecule has 0 aliphatic carbocycles. The van der Waals surface area contributed by atoms with E-state index >= 15 is 0 Å². The Balaban J connectivity index is 1.56. The first-order valence-corrected chi connectivity index (χ1v) is 14.7. The smallest absolute Gasteiger partial charge is 0.328 e. The van der Waals surface area contributed by atoms with E-state index in [-0.39, 0.29) is 34.7 Å². The molecule has 2 heterocycles. The molecule has 0 unspecified atom stereocenters. The van der Waals surface area contributed by atoms with Crippen LogP contribution in [0.4, 0.5) is 9.59 Å². The van der Waals surface area contributed by atoms with Crippen molar-refractivity contribution in [3.05, 3.63) is 34.0 Å². The van der Waals surface area contributed by atoms with Crippen LogP contribution in [-0.4, -0.2) is 52.2 Å². The predicted octanol–water partition coefficient (Wildman–Crippen LogP) is 1.03. The number of amides is 4. The molecule has 0 aliphatic rings. The molecule has 0 radical (unpaired) electrons. The molecule has 16 heteroatoms. The van der Waals surface area contributed by atoms with Gasteiger partial charge in [0, 0.05) is 22.8 Å². The lowest BCUT2D eigenvalue weighted by Crippen LogP contribution is -2.39. The van der Waals surface area contributed by atoms with Gasteiger partial charge in [-0.3, -0.25) is 0 Å². The zero-order valence-corrected chi connectivity index (χ0v) is 21.2. The van der Waals surface area contributed by atoms with Crippen molar-refractivity contribution in [2.75, 3.05) is 13.1 Å². The summed E-state index contributed by atoms with van der Waals surface area (Å²) in [7, 11) is -7.99.